The predicted molar refractivity (Wildman–Crippen MR) is 124 cm³/mol. The number of ether oxygens (including phenoxy) is 1. The van der Waals surface area contributed by atoms with Crippen molar-refractivity contribution in [2.45, 2.75) is 37.1 Å². The first-order chi connectivity index (χ1) is 17.1. The normalized spacial score (nSPS) is 15.4. The van der Waals surface area contributed by atoms with Crippen LogP contribution in [0.2, 0.25) is 5.02 Å². The van der Waals surface area contributed by atoms with Crippen LogP contribution in [0, 0.1) is 11.7 Å². The minimum atomic E-state index is -4.43. The molecule has 190 valence electrons. The van der Waals surface area contributed by atoms with Gasteiger partial charge in [-0.1, -0.05) is 41.9 Å². The average molecular weight is 525 g/mol. The van der Waals surface area contributed by atoms with Crippen LogP contribution in [-0.4, -0.2) is 29.8 Å². The van der Waals surface area contributed by atoms with Crippen molar-refractivity contribution in [3.05, 3.63) is 94.5 Å². The Morgan fingerprint density at radius 2 is 1.83 bits per heavy atom. The summed E-state index contributed by atoms with van der Waals surface area (Å²) in [6.45, 7) is -1.65. The largest absolute Gasteiger partial charge is 0.487 e. The number of alkyl halides is 4. The molecule has 2 aromatic carbocycles. The highest BCUT2D eigenvalue weighted by Crippen LogP contribution is 2.38. The highest BCUT2D eigenvalue weighted by molar-refractivity contribution is 6.30. The quantitative estimate of drug-likeness (QED) is 0.323. The van der Waals surface area contributed by atoms with E-state index in [1.165, 1.54) is 12.3 Å². The Morgan fingerprint density at radius 1 is 1.11 bits per heavy atom. The Balaban J connectivity index is 1.84. The van der Waals surface area contributed by atoms with Crippen LogP contribution in [0.25, 0.3) is 0 Å². The summed E-state index contributed by atoms with van der Waals surface area (Å²) in [5, 5.41) is 3.33. The Labute approximate surface area is 209 Å². The lowest BCUT2D eigenvalue weighted by atomic mass is 9.80. The molecule has 1 amide bonds. The number of halogens is 6. The van der Waals surface area contributed by atoms with E-state index in [0.29, 0.717) is 23.6 Å². The van der Waals surface area contributed by atoms with Crippen LogP contribution in [0.4, 0.5) is 22.0 Å². The molecule has 0 saturated heterocycles. The van der Waals surface area contributed by atoms with Crippen molar-refractivity contribution in [1.82, 2.24) is 10.3 Å². The van der Waals surface area contributed by atoms with Crippen LogP contribution >= 0.6 is 11.6 Å². The van der Waals surface area contributed by atoms with E-state index in [1.807, 2.05) is 18.2 Å². The molecule has 3 aromatic rings. The van der Waals surface area contributed by atoms with Crippen molar-refractivity contribution in [2.75, 3.05) is 6.61 Å². The molecule has 0 spiro atoms. The predicted octanol–water partition coefficient (Wildman–Crippen LogP) is 6.17. The molecule has 0 unspecified atom stereocenters. The Bertz CT molecular complexity index is 1210. The number of nitrogens with zero attached hydrogens (tertiary/aromatic N) is 1. The minimum Gasteiger partial charge on any atom is -0.487 e. The molecule has 1 aromatic heterocycles. The van der Waals surface area contributed by atoms with E-state index in [-0.39, 0.29) is 23.8 Å². The summed E-state index contributed by atoms with van der Waals surface area (Å²) in [6.07, 6.45) is -1.06. The zero-order valence-corrected chi connectivity index (χ0v) is 19.6. The van der Waals surface area contributed by atoms with Crippen molar-refractivity contribution in [1.29, 1.82) is 0 Å². The van der Waals surface area contributed by atoms with Gasteiger partial charge in [0, 0.05) is 24.6 Å². The number of hydrogen-bond acceptors (Lipinski definition) is 3. The molecule has 1 N–H and O–H groups in total. The number of carbonyl (C=O) groups excluding carboxylic acids is 1. The number of pyridine rings is 1. The molecule has 1 fully saturated rings. The number of aromatic nitrogens is 1. The van der Waals surface area contributed by atoms with Crippen LogP contribution < -0.4 is 10.1 Å². The third-order valence-electron chi connectivity index (χ3n) is 5.88. The molecule has 1 aliphatic carbocycles. The van der Waals surface area contributed by atoms with Crippen LogP contribution in [0.15, 0.2) is 66.9 Å². The summed E-state index contributed by atoms with van der Waals surface area (Å²) in [5.41, 5.74) is -0.220. The highest BCUT2D eigenvalue weighted by Gasteiger charge is 2.43. The fraction of sp³-hybridized carbons (Fsp3) is 0.308. The monoisotopic (exact) mass is 524 g/mol. The molecule has 4 rings (SSSR count). The van der Waals surface area contributed by atoms with E-state index < -0.39 is 36.1 Å². The lowest BCUT2D eigenvalue weighted by Crippen LogP contribution is -2.49. The second kappa shape index (κ2) is 10.4. The van der Waals surface area contributed by atoms with Crippen molar-refractivity contribution in [2.24, 2.45) is 5.92 Å². The van der Waals surface area contributed by atoms with Gasteiger partial charge in [-0.3, -0.25) is 9.78 Å². The van der Waals surface area contributed by atoms with E-state index >= 15 is 0 Å². The summed E-state index contributed by atoms with van der Waals surface area (Å²) < 4.78 is 71.9. The summed E-state index contributed by atoms with van der Waals surface area (Å²) in [7, 11) is 0. The molecule has 0 radical (unpaired) electrons. The van der Waals surface area contributed by atoms with Crippen LogP contribution in [0.5, 0.6) is 5.75 Å². The van der Waals surface area contributed by atoms with E-state index in [1.54, 1.807) is 24.3 Å². The number of nitrogens with one attached hydrogen (secondary N) is 1. The van der Waals surface area contributed by atoms with Crippen molar-refractivity contribution in [3.63, 3.8) is 0 Å². The molecule has 4 nitrogen and oxygen atoms in total. The number of hydrogen-bond donors (Lipinski definition) is 1. The molecular formula is C26H22ClF5N2O2. The third kappa shape index (κ3) is 5.95. The van der Waals surface area contributed by atoms with Crippen LogP contribution in [0.1, 0.15) is 29.7 Å². The summed E-state index contributed by atoms with van der Waals surface area (Å²) >= 11 is 6.03. The van der Waals surface area contributed by atoms with Gasteiger partial charge in [-0.25, -0.2) is 13.2 Å². The van der Waals surface area contributed by atoms with Crippen molar-refractivity contribution >= 4 is 17.5 Å². The molecule has 36 heavy (non-hydrogen) atoms. The van der Waals surface area contributed by atoms with Crippen LogP contribution in [-0.2, 0) is 16.8 Å². The number of rotatable bonds is 10. The minimum absolute atomic E-state index is 0.122. The smallest absolute Gasteiger partial charge is 0.340 e. The van der Waals surface area contributed by atoms with E-state index in [2.05, 4.69) is 10.3 Å². The number of amides is 1. The maximum absolute atomic E-state index is 14.8. The summed E-state index contributed by atoms with van der Waals surface area (Å²) in [4.78, 5) is 17.4. The number of carbonyl (C=O) groups is 1. The topological polar surface area (TPSA) is 51.2 Å². The fourth-order valence-corrected chi connectivity index (χ4v) is 3.96. The fourth-order valence-electron chi connectivity index (χ4n) is 3.84. The van der Waals surface area contributed by atoms with Gasteiger partial charge in [0.25, 0.3) is 0 Å². The van der Waals surface area contributed by atoms with E-state index in [9.17, 15) is 26.7 Å². The van der Waals surface area contributed by atoms with Gasteiger partial charge in [0.1, 0.15) is 17.1 Å². The second-order valence-corrected chi connectivity index (χ2v) is 9.16. The molecule has 1 aliphatic rings. The molecule has 0 bridgehead atoms. The summed E-state index contributed by atoms with van der Waals surface area (Å²) in [6, 6.07) is 15.4. The number of benzene rings is 2. The summed E-state index contributed by atoms with van der Waals surface area (Å²) in [5.74, 6) is -6.18. The van der Waals surface area contributed by atoms with Gasteiger partial charge in [0.05, 0.1) is 10.7 Å². The maximum Gasteiger partial charge on any atom is 0.340 e. The Morgan fingerprint density at radius 3 is 2.44 bits per heavy atom. The maximum atomic E-state index is 14.8. The van der Waals surface area contributed by atoms with Gasteiger partial charge in [-0.15, -0.1) is 0 Å². The standard InChI is InChI=1S/C26H22ClF5N2O2/c27-19-8-9-22(33-14-19)25(34-23(35)17-6-7-17,13-16-4-2-1-3-5-16)18-10-20(28)12-21(11-18)36-15-26(31,32)24(29)30/h1-5,8-12,14,17,24H,6-7,13,15H2,(H,34,35)/t25-/m1/s1. The first kappa shape index (κ1) is 25.9. The van der Waals surface area contributed by atoms with E-state index in [4.69, 9.17) is 16.3 Å². The average Bonchev–Trinajstić information content (AvgIpc) is 3.69. The lowest BCUT2D eigenvalue weighted by molar-refractivity contribution is -0.148. The molecular weight excluding hydrogens is 503 g/mol. The zero-order valence-electron chi connectivity index (χ0n) is 18.9. The SMILES string of the molecule is O=C(N[C@](Cc1ccccc1)(c1cc(F)cc(OCC(F)(F)C(F)F)c1)c1ccc(Cl)cn1)C1CC1. The molecule has 1 heterocycles. The van der Waals surface area contributed by atoms with Gasteiger partial charge < -0.3 is 10.1 Å². The second-order valence-electron chi connectivity index (χ2n) is 8.72. The molecule has 1 saturated carbocycles. The Kier molecular flexibility index (Phi) is 7.49. The molecule has 1 atom stereocenters. The van der Waals surface area contributed by atoms with Gasteiger partial charge in [-0.2, -0.15) is 8.78 Å². The first-order valence-corrected chi connectivity index (χ1v) is 11.5. The van der Waals surface area contributed by atoms with Crippen molar-refractivity contribution < 1.29 is 31.5 Å². The third-order valence-corrected chi connectivity index (χ3v) is 6.10. The van der Waals surface area contributed by atoms with Gasteiger partial charge in [0.15, 0.2) is 6.61 Å². The first-order valence-electron chi connectivity index (χ1n) is 11.2. The lowest BCUT2D eigenvalue weighted by Gasteiger charge is -2.36. The molecule has 0 aliphatic heterocycles. The molecule has 10 heteroatoms. The van der Waals surface area contributed by atoms with Gasteiger partial charge in [0.2, 0.25) is 5.91 Å². The Hall–Kier alpha value is -3.20. The van der Waals surface area contributed by atoms with Crippen LogP contribution in [0.3, 0.4) is 0 Å². The zero-order chi connectivity index (χ0) is 25.9. The van der Waals surface area contributed by atoms with E-state index in [0.717, 1.165) is 17.7 Å². The highest BCUT2D eigenvalue weighted by atomic mass is 35.5. The van der Waals surface area contributed by atoms with Crippen molar-refractivity contribution in [3.8, 4) is 5.75 Å². The van der Waals surface area contributed by atoms with Gasteiger partial charge in [-0.05, 0) is 48.2 Å². The van der Waals surface area contributed by atoms with Gasteiger partial charge >= 0.3 is 12.3 Å².